The van der Waals surface area contributed by atoms with Crippen LogP contribution < -0.4 is 5.32 Å². The quantitative estimate of drug-likeness (QED) is 0.858. The van der Waals surface area contributed by atoms with Gasteiger partial charge in [0, 0.05) is 13.1 Å². The van der Waals surface area contributed by atoms with E-state index in [1.54, 1.807) is 0 Å². The number of nitrogens with zero attached hydrogens (tertiary/aromatic N) is 1. The molecule has 3 nitrogen and oxygen atoms in total. The summed E-state index contributed by atoms with van der Waals surface area (Å²) in [5.74, 6) is -1.72. The summed E-state index contributed by atoms with van der Waals surface area (Å²) in [7, 11) is 0. The monoisotopic (exact) mass is 332 g/mol. The summed E-state index contributed by atoms with van der Waals surface area (Å²) in [6.45, 7) is 4.61. The minimum atomic E-state index is -4.81. The molecule has 23 heavy (non-hydrogen) atoms. The van der Waals surface area contributed by atoms with Gasteiger partial charge in [-0.1, -0.05) is 13.0 Å². The zero-order valence-electron chi connectivity index (χ0n) is 12.9. The summed E-state index contributed by atoms with van der Waals surface area (Å²) in [6.07, 6.45) is -3.28. The van der Waals surface area contributed by atoms with Crippen LogP contribution in [0.2, 0.25) is 0 Å². The van der Waals surface area contributed by atoms with Crippen LogP contribution in [0.1, 0.15) is 35.7 Å². The Labute approximate surface area is 132 Å². The number of halogens is 4. The van der Waals surface area contributed by atoms with Crippen molar-refractivity contribution in [2.24, 2.45) is 5.92 Å². The Morgan fingerprint density at radius 3 is 2.52 bits per heavy atom. The van der Waals surface area contributed by atoms with E-state index in [-0.39, 0.29) is 0 Å². The molecule has 1 heterocycles. The summed E-state index contributed by atoms with van der Waals surface area (Å²) in [6, 6.07) is 2.82. The van der Waals surface area contributed by atoms with Gasteiger partial charge >= 0.3 is 6.18 Å². The second-order valence-corrected chi connectivity index (χ2v) is 5.71. The molecule has 1 saturated heterocycles. The van der Waals surface area contributed by atoms with E-state index >= 15 is 0 Å². The maximum absolute atomic E-state index is 14.0. The molecule has 0 aromatic heterocycles. The molecule has 1 aliphatic heterocycles. The molecule has 1 fully saturated rings. The number of hydrogen-bond donors (Lipinski definition) is 1. The van der Waals surface area contributed by atoms with Gasteiger partial charge in [-0.3, -0.25) is 4.79 Å². The highest BCUT2D eigenvalue weighted by atomic mass is 19.4. The molecule has 1 aromatic carbocycles. The Kier molecular flexibility index (Phi) is 5.62. The van der Waals surface area contributed by atoms with E-state index in [4.69, 9.17) is 0 Å². The van der Waals surface area contributed by atoms with Gasteiger partial charge in [0.1, 0.15) is 5.82 Å². The standard InChI is InChI=1S/C16H20F4N2O/c1-2-21-10-11-6-8-22(9-7-11)15(23)12-4-3-5-13(14(12)17)16(18,19)20/h3-5,11,21H,2,6-10H2,1H3. The number of carbonyl (C=O) groups excluding carboxylic acids is 1. The Balaban J connectivity index is 2.08. The smallest absolute Gasteiger partial charge is 0.339 e. The third kappa shape index (κ3) is 4.22. The number of piperidine rings is 1. The van der Waals surface area contributed by atoms with E-state index in [9.17, 15) is 22.4 Å². The maximum Gasteiger partial charge on any atom is 0.419 e. The number of amides is 1. The Hall–Kier alpha value is -1.63. The van der Waals surface area contributed by atoms with Crippen molar-refractivity contribution < 1.29 is 22.4 Å². The average Bonchev–Trinajstić information content (AvgIpc) is 2.52. The van der Waals surface area contributed by atoms with Crippen LogP contribution in [-0.2, 0) is 6.18 Å². The molecule has 1 amide bonds. The molecular weight excluding hydrogens is 312 g/mol. The normalized spacial score (nSPS) is 16.7. The zero-order valence-corrected chi connectivity index (χ0v) is 12.9. The van der Waals surface area contributed by atoms with E-state index in [1.165, 1.54) is 4.90 Å². The lowest BCUT2D eigenvalue weighted by Crippen LogP contribution is -2.41. The molecule has 7 heteroatoms. The average molecular weight is 332 g/mol. The fourth-order valence-corrected chi connectivity index (χ4v) is 2.78. The number of benzene rings is 1. The van der Waals surface area contributed by atoms with Gasteiger partial charge in [0.05, 0.1) is 11.1 Å². The van der Waals surface area contributed by atoms with Gasteiger partial charge in [-0.05, 0) is 44.0 Å². The first kappa shape index (κ1) is 17.7. The lowest BCUT2D eigenvalue weighted by molar-refractivity contribution is -0.140. The fourth-order valence-electron chi connectivity index (χ4n) is 2.78. The van der Waals surface area contributed by atoms with Gasteiger partial charge in [0.2, 0.25) is 0 Å². The van der Waals surface area contributed by atoms with Crippen LogP contribution in [0.4, 0.5) is 17.6 Å². The van der Waals surface area contributed by atoms with E-state index in [1.807, 2.05) is 6.92 Å². The summed E-state index contributed by atoms with van der Waals surface area (Å²) in [4.78, 5) is 13.8. The first-order chi connectivity index (χ1) is 10.8. The summed E-state index contributed by atoms with van der Waals surface area (Å²) in [5, 5.41) is 3.24. The van der Waals surface area contributed by atoms with Crippen LogP contribution in [0, 0.1) is 11.7 Å². The Bertz CT molecular complexity index is 552. The largest absolute Gasteiger partial charge is 0.419 e. The molecule has 0 bridgehead atoms. The summed E-state index contributed by atoms with van der Waals surface area (Å²) >= 11 is 0. The lowest BCUT2D eigenvalue weighted by atomic mass is 9.96. The van der Waals surface area contributed by atoms with Gasteiger partial charge in [-0.2, -0.15) is 13.2 Å². The minimum Gasteiger partial charge on any atom is -0.339 e. The molecule has 0 aliphatic carbocycles. The molecule has 1 aromatic rings. The van der Waals surface area contributed by atoms with E-state index in [0.717, 1.165) is 38.1 Å². The van der Waals surface area contributed by atoms with Crippen LogP contribution in [0.3, 0.4) is 0 Å². The van der Waals surface area contributed by atoms with Crippen LogP contribution in [-0.4, -0.2) is 37.0 Å². The minimum absolute atomic E-state index is 0.435. The predicted octanol–water partition coefficient (Wildman–Crippen LogP) is 3.31. The van der Waals surface area contributed by atoms with Crippen LogP contribution in [0.5, 0.6) is 0 Å². The fraction of sp³-hybridized carbons (Fsp3) is 0.562. The van der Waals surface area contributed by atoms with E-state index < -0.39 is 29.0 Å². The van der Waals surface area contributed by atoms with Crippen molar-refractivity contribution in [3.05, 3.63) is 35.1 Å². The van der Waals surface area contributed by atoms with Crippen molar-refractivity contribution in [2.45, 2.75) is 25.9 Å². The first-order valence-electron chi connectivity index (χ1n) is 7.70. The third-order valence-corrected chi connectivity index (χ3v) is 4.12. The van der Waals surface area contributed by atoms with Crippen LogP contribution in [0.25, 0.3) is 0 Å². The number of likely N-dealkylation sites (tertiary alicyclic amines) is 1. The molecule has 1 aliphatic rings. The van der Waals surface area contributed by atoms with Gasteiger partial charge in [0.25, 0.3) is 5.91 Å². The van der Waals surface area contributed by atoms with E-state index in [0.29, 0.717) is 25.1 Å². The number of carbonyl (C=O) groups is 1. The van der Waals surface area contributed by atoms with Crippen molar-refractivity contribution >= 4 is 5.91 Å². The highest BCUT2D eigenvalue weighted by Gasteiger charge is 2.36. The van der Waals surface area contributed by atoms with Crippen molar-refractivity contribution in [2.75, 3.05) is 26.2 Å². The summed E-state index contributed by atoms with van der Waals surface area (Å²) in [5.41, 5.74) is -1.91. The van der Waals surface area contributed by atoms with Crippen molar-refractivity contribution in [1.29, 1.82) is 0 Å². The number of nitrogens with one attached hydrogen (secondary N) is 1. The molecule has 2 rings (SSSR count). The summed E-state index contributed by atoms with van der Waals surface area (Å²) < 4.78 is 52.2. The molecule has 0 unspecified atom stereocenters. The Morgan fingerprint density at radius 2 is 1.96 bits per heavy atom. The SMILES string of the molecule is CCNCC1CCN(C(=O)c2cccc(C(F)(F)F)c2F)CC1. The van der Waals surface area contributed by atoms with E-state index in [2.05, 4.69) is 5.32 Å². The zero-order chi connectivity index (χ0) is 17.0. The third-order valence-electron chi connectivity index (χ3n) is 4.12. The Morgan fingerprint density at radius 1 is 1.30 bits per heavy atom. The highest BCUT2D eigenvalue weighted by molar-refractivity contribution is 5.94. The molecule has 0 radical (unpaired) electrons. The molecule has 0 spiro atoms. The predicted molar refractivity (Wildman–Crippen MR) is 78.6 cm³/mol. The maximum atomic E-state index is 14.0. The topological polar surface area (TPSA) is 32.3 Å². The molecular formula is C16H20F4N2O. The van der Waals surface area contributed by atoms with Gasteiger partial charge in [0.15, 0.2) is 0 Å². The van der Waals surface area contributed by atoms with Gasteiger partial charge < -0.3 is 10.2 Å². The first-order valence-corrected chi connectivity index (χ1v) is 7.70. The molecule has 0 atom stereocenters. The van der Waals surface area contributed by atoms with Crippen molar-refractivity contribution in [1.82, 2.24) is 10.2 Å². The van der Waals surface area contributed by atoms with Crippen LogP contribution in [0.15, 0.2) is 18.2 Å². The van der Waals surface area contributed by atoms with Crippen molar-refractivity contribution in [3.63, 3.8) is 0 Å². The molecule has 1 N–H and O–H groups in total. The second-order valence-electron chi connectivity index (χ2n) is 5.71. The van der Waals surface area contributed by atoms with Gasteiger partial charge in [-0.15, -0.1) is 0 Å². The number of hydrogen-bond acceptors (Lipinski definition) is 2. The molecule has 128 valence electrons. The van der Waals surface area contributed by atoms with Crippen LogP contribution >= 0.6 is 0 Å². The lowest BCUT2D eigenvalue weighted by Gasteiger charge is -2.32. The van der Waals surface area contributed by atoms with Crippen molar-refractivity contribution in [3.8, 4) is 0 Å². The number of rotatable bonds is 4. The molecule has 0 saturated carbocycles. The van der Waals surface area contributed by atoms with Gasteiger partial charge in [-0.25, -0.2) is 4.39 Å². The number of alkyl halides is 3. The second kappa shape index (κ2) is 7.29. The highest BCUT2D eigenvalue weighted by Crippen LogP contribution is 2.33.